The van der Waals surface area contributed by atoms with E-state index in [1.165, 1.54) is 40.1 Å². The van der Waals surface area contributed by atoms with E-state index in [0.29, 0.717) is 0 Å². The van der Waals surface area contributed by atoms with Crippen LogP contribution in [-0.2, 0) is 16.0 Å². The fourth-order valence-electron chi connectivity index (χ4n) is 4.18. The summed E-state index contributed by atoms with van der Waals surface area (Å²) in [5.41, 5.74) is 3.88. The summed E-state index contributed by atoms with van der Waals surface area (Å²) in [6, 6.07) is 0. The number of ether oxygens (including phenoxy) is 1. The molecule has 3 nitrogen and oxygen atoms in total. The van der Waals surface area contributed by atoms with Gasteiger partial charge < -0.3 is 9.84 Å². The second kappa shape index (κ2) is 6.06. The van der Waals surface area contributed by atoms with Crippen molar-refractivity contribution in [2.24, 2.45) is 11.8 Å². The molecule has 0 amide bonds. The predicted molar refractivity (Wildman–Crippen MR) is 94.0 cm³/mol. The highest BCUT2D eigenvalue weighted by Crippen LogP contribution is 2.51. The van der Waals surface area contributed by atoms with Crippen molar-refractivity contribution in [1.29, 1.82) is 0 Å². The van der Waals surface area contributed by atoms with Gasteiger partial charge in [-0.1, -0.05) is 6.08 Å². The van der Waals surface area contributed by atoms with Crippen LogP contribution in [0.25, 0.3) is 5.57 Å². The topological polar surface area (TPSA) is 46.5 Å². The fraction of sp³-hybridized carbons (Fsp3) is 0.632. The second-order valence-electron chi connectivity index (χ2n) is 7.58. The molecule has 2 atom stereocenters. The smallest absolute Gasteiger partial charge is 0.329 e. The highest BCUT2D eigenvalue weighted by molar-refractivity contribution is 7.12. The maximum absolute atomic E-state index is 10.8. The molecule has 4 heteroatoms. The molecule has 1 heterocycles. The Morgan fingerprint density at radius 2 is 2.09 bits per heavy atom. The molecule has 1 N–H and O–H groups in total. The third kappa shape index (κ3) is 3.38. The van der Waals surface area contributed by atoms with E-state index in [-0.39, 0.29) is 6.61 Å². The lowest BCUT2D eigenvalue weighted by Gasteiger charge is -2.26. The van der Waals surface area contributed by atoms with E-state index in [9.17, 15) is 4.79 Å². The van der Waals surface area contributed by atoms with Crippen LogP contribution >= 0.6 is 11.3 Å². The average Bonchev–Trinajstić information content (AvgIpc) is 3.12. The Balaban J connectivity index is 1.88. The maximum atomic E-state index is 10.8. The number of thiophene rings is 1. The van der Waals surface area contributed by atoms with Crippen molar-refractivity contribution in [1.82, 2.24) is 0 Å². The third-order valence-corrected chi connectivity index (χ3v) is 6.25. The quantitative estimate of drug-likeness (QED) is 0.827. The first-order valence-corrected chi connectivity index (χ1v) is 9.25. The lowest BCUT2D eigenvalue weighted by atomic mass is 9.86. The van der Waals surface area contributed by atoms with E-state index in [1.807, 2.05) is 25.2 Å². The molecule has 0 spiro atoms. The summed E-state index contributed by atoms with van der Waals surface area (Å²) in [6.45, 7) is 8.13. The minimum absolute atomic E-state index is 0.238. The number of fused-ring (bicyclic) bond motifs is 2. The summed E-state index contributed by atoms with van der Waals surface area (Å²) in [6.07, 6.45) is 7.25. The van der Waals surface area contributed by atoms with Gasteiger partial charge in [0.05, 0.1) is 5.60 Å². The molecule has 1 aromatic rings. The lowest BCUT2D eigenvalue weighted by molar-refractivity contribution is -0.148. The van der Waals surface area contributed by atoms with Crippen LogP contribution in [0.1, 0.15) is 54.0 Å². The Kier molecular flexibility index (Phi) is 4.41. The Morgan fingerprint density at radius 3 is 2.65 bits per heavy atom. The zero-order valence-corrected chi connectivity index (χ0v) is 15.3. The zero-order valence-electron chi connectivity index (χ0n) is 14.4. The second-order valence-corrected chi connectivity index (χ2v) is 9.01. The monoisotopic (exact) mass is 334 g/mol. The molecule has 0 aliphatic heterocycles. The van der Waals surface area contributed by atoms with Crippen LogP contribution in [0.15, 0.2) is 6.08 Å². The van der Waals surface area contributed by atoms with Crippen molar-refractivity contribution in [2.75, 3.05) is 6.61 Å². The van der Waals surface area contributed by atoms with E-state index < -0.39 is 11.6 Å². The largest absolute Gasteiger partial charge is 0.480 e. The molecule has 0 saturated heterocycles. The molecule has 3 rings (SSSR count). The normalized spacial score (nSPS) is 23.4. The molecule has 0 radical (unpaired) electrons. The first-order chi connectivity index (χ1) is 10.8. The maximum Gasteiger partial charge on any atom is 0.329 e. The van der Waals surface area contributed by atoms with E-state index in [0.717, 1.165) is 18.3 Å². The number of rotatable bonds is 6. The van der Waals surface area contributed by atoms with Crippen LogP contribution in [-0.4, -0.2) is 23.3 Å². The van der Waals surface area contributed by atoms with Crippen molar-refractivity contribution in [3.05, 3.63) is 27.0 Å². The summed E-state index contributed by atoms with van der Waals surface area (Å²) in [5.74, 6) is 0.598. The summed E-state index contributed by atoms with van der Waals surface area (Å²) in [5, 5.41) is 8.87. The molecule has 23 heavy (non-hydrogen) atoms. The van der Waals surface area contributed by atoms with Gasteiger partial charge in [0.15, 0.2) is 0 Å². The molecule has 2 aliphatic carbocycles. The standard InChI is InChI=1S/C19H26O3S/c1-11-16(9-19(3,4)22-10-17(20)21)18(12(2)23-11)15-8-13-5-6-14(15)7-13/h8,13-14H,5-7,9-10H2,1-4H3,(H,20,21). The van der Waals surface area contributed by atoms with Gasteiger partial charge >= 0.3 is 5.97 Å². The zero-order chi connectivity index (χ0) is 16.8. The van der Waals surface area contributed by atoms with Crippen molar-refractivity contribution >= 4 is 22.9 Å². The number of aryl methyl sites for hydroxylation is 2. The number of aliphatic carboxylic acids is 1. The molecule has 2 unspecified atom stereocenters. The van der Waals surface area contributed by atoms with Crippen molar-refractivity contribution < 1.29 is 14.6 Å². The van der Waals surface area contributed by atoms with Gasteiger partial charge in [-0.15, -0.1) is 11.3 Å². The minimum Gasteiger partial charge on any atom is -0.480 e. The molecule has 0 aromatic carbocycles. The molecule has 1 saturated carbocycles. The molecular weight excluding hydrogens is 308 g/mol. The SMILES string of the molecule is Cc1sc(C)c(C2=CC3CCC2C3)c1CC(C)(C)OCC(=O)O. The predicted octanol–water partition coefficient (Wildman–Crippen LogP) is 4.60. The number of carbonyl (C=O) groups is 1. The van der Waals surface area contributed by atoms with E-state index in [4.69, 9.17) is 9.84 Å². The van der Waals surface area contributed by atoms with Crippen LogP contribution < -0.4 is 0 Å². The van der Waals surface area contributed by atoms with Gasteiger partial charge in [-0.05, 0) is 75.5 Å². The van der Waals surface area contributed by atoms with Gasteiger partial charge in [-0.25, -0.2) is 4.79 Å². The van der Waals surface area contributed by atoms with Gasteiger partial charge in [0.2, 0.25) is 0 Å². The summed E-state index contributed by atoms with van der Waals surface area (Å²) in [7, 11) is 0. The van der Waals surface area contributed by atoms with E-state index in [2.05, 4.69) is 19.9 Å². The van der Waals surface area contributed by atoms with E-state index in [1.54, 1.807) is 5.57 Å². The van der Waals surface area contributed by atoms with Crippen molar-refractivity contribution in [3.63, 3.8) is 0 Å². The van der Waals surface area contributed by atoms with Gasteiger partial charge in [0.1, 0.15) is 6.61 Å². The van der Waals surface area contributed by atoms with Gasteiger partial charge in [-0.3, -0.25) is 0 Å². The summed E-state index contributed by atoms with van der Waals surface area (Å²) in [4.78, 5) is 13.5. The fourth-order valence-corrected chi connectivity index (χ4v) is 5.28. The lowest BCUT2D eigenvalue weighted by Crippen LogP contribution is -2.30. The first-order valence-electron chi connectivity index (χ1n) is 8.43. The summed E-state index contributed by atoms with van der Waals surface area (Å²) < 4.78 is 5.62. The number of hydrogen-bond donors (Lipinski definition) is 1. The van der Waals surface area contributed by atoms with Crippen LogP contribution in [0.5, 0.6) is 0 Å². The van der Waals surface area contributed by atoms with E-state index >= 15 is 0 Å². The van der Waals surface area contributed by atoms with Crippen LogP contribution in [0.2, 0.25) is 0 Å². The molecule has 2 bridgehead atoms. The average molecular weight is 334 g/mol. The van der Waals surface area contributed by atoms with Gasteiger partial charge in [-0.2, -0.15) is 0 Å². The Labute approximate surface area is 142 Å². The minimum atomic E-state index is -0.910. The number of hydrogen-bond acceptors (Lipinski definition) is 3. The molecule has 2 aliphatic rings. The molecule has 1 aromatic heterocycles. The molecular formula is C19H26O3S. The van der Waals surface area contributed by atoms with Crippen LogP contribution in [0, 0.1) is 25.7 Å². The Hall–Kier alpha value is -1.13. The first kappa shape index (κ1) is 16.7. The summed E-state index contributed by atoms with van der Waals surface area (Å²) >= 11 is 1.86. The van der Waals surface area contributed by atoms with Crippen molar-refractivity contribution in [3.8, 4) is 0 Å². The molecule has 1 fully saturated rings. The molecule has 126 valence electrons. The van der Waals surface area contributed by atoms with Gasteiger partial charge in [0.25, 0.3) is 0 Å². The van der Waals surface area contributed by atoms with Crippen molar-refractivity contribution in [2.45, 2.75) is 59.0 Å². The number of carboxylic acids is 1. The highest BCUT2D eigenvalue weighted by atomic mass is 32.1. The number of allylic oxidation sites excluding steroid dienone is 2. The Morgan fingerprint density at radius 1 is 1.35 bits per heavy atom. The third-order valence-electron chi connectivity index (χ3n) is 5.19. The highest BCUT2D eigenvalue weighted by Gasteiger charge is 2.36. The van der Waals surface area contributed by atoms with Crippen LogP contribution in [0.4, 0.5) is 0 Å². The van der Waals surface area contributed by atoms with Gasteiger partial charge in [0, 0.05) is 16.2 Å². The Bertz CT molecular complexity index is 654. The van der Waals surface area contributed by atoms with Crippen LogP contribution in [0.3, 0.4) is 0 Å². The number of carboxylic acid groups (broad SMARTS) is 1.